The number of benzene rings is 1. The van der Waals surface area contributed by atoms with Gasteiger partial charge in [0.05, 0.1) is 17.2 Å². The van der Waals surface area contributed by atoms with E-state index in [1.807, 2.05) is 18.7 Å². The van der Waals surface area contributed by atoms with E-state index in [-0.39, 0.29) is 18.1 Å². The monoisotopic (exact) mass is 331 g/mol. The number of hydrogen-bond donors (Lipinski definition) is 0. The van der Waals surface area contributed by atoms with E-state index >= 15 is 0 Å². The average Bonchev–Trinajstić information content (AvgIpc) is 2.30. The molecule has 1 aromatic carbocycles. The third-order valence-corrected chi connectivity index (χ3v) is 4.09. The maximum atomic E-state index is 12.4. The van der Waals surface area contributed by atoms with Crippen LogP contribution in [0.2, 0.25) is 5.02 Å². The highest BCUT2D eigenvalue weighted by atomic mass is 79.9. The van der Waals surface area contributed by atoms with Crippen molar-refractivity contribution >= 4 is 33.4 Å². The van der Waals surface area contributed by atoms with E-state index in [0.717, 1.165) is 4.47 Å². The Balaban J connectivity index is 2.17. The Bertz CT molecular complexity index is 456. The van der Waals surface area contributed by atoms with Crippen LogP contribution in [-0.2, 0) is 4.74 Å². The molecule has 3 nitrogen and oxygen atoms in total. The summed E-state index contributed by atoms with van der Waals surface area (Å²) < 4.78 is 6.36. The van der Waals surface area contributed by atoms with Crippen LogP contribution in [0.15, 0.2) is 22.7 Å². The summed E-state index contributed by atoms with van der Waals surface area (Å²) >= 11 is 9.26. The summed E-state index contributed by atoms with van der Waals surface area (Å²) in [6, 6.07) is 5.24. The Morgan fingerprint density at radius 1 is 1.39 bits per heavy atom. The van der Waals surface area contributed by atoms with Gasteiger partial charge in [0.15, 0.2) is 0 Å². The van der Waals surface area contributed by atoms with Gasteiger partial charge in [-0.3, -0.25) is 4.79 Å². The highest BCUT2D eigenvalue weighted by molar-refractivity contribution is 9.10. The van der Waals surface area contributed by atoms with E-state index in [9.17, 15) is 4.79 Å². The van der Waals surface area contributed by atoms with Gasteiger partial charge in [-0.2, -0.15) is 0 Å². The molecule has 1 aliphatic rings. The number of carbonyl (C=O) groups is 1. The molecule has 1 aliphatic heterocycles. The molecule has 0 N–H and O–H groups in total. The quantitative estimate of drug-likeness (QED) is 0.789. The number of amides is 1. The second-order valence-electron chi connectivity index (χ2n) is 4.60. The zero-order valence-electron chi connectivity index (χ0n) is 10.3. The molecule has 2 rings (SSSR count). The fraction of sp³-hybridized carbons (Fsp3) is 0.462. The van der Waals surface area contributed by atoms with Gasteiger partial charge in [-0.05, 0) is 48.0 Å². The number of rotatable bonds is 1. The summed E-state index contributed by atoms with van der Waals surface area (Å²) in [5.41, 5.74) is 0.646. The lowest BCUT2D eigenvalue weighted by Gasteiger charge is -2.35. The molecular formula is C13H15BrClNO2. The number of hydrogen-bond acceptors (Lipinski definition) is 2. The van der Waals surface area contributed by atoms with Crippen LogP contribution in [0.25, 0.3) is 0 Å². The predicted molar refractivity (Wildman–Crippen MR) is 75.1 cm³/mol. The van der Waals surface area contributed by atoms with E-state index in [1.54, 1.807) is 18.2 Å². The van der Waals surface area contributed by atoms with E-state index in [2.05, 4.69) is 15.9 Å². The second kappa shape index (κ2) is 5.59. The lowest BCUT2D eigenvalue weighted by atomic mass is 10.1. The summed E-state index contributed by atoms with van der Waals surface area (Å²) in [5, 5.41) is 0.607. The van der Waals surface area contributed by atoms with Crippen LogP contribution in [-0.4, -0.2) is 36.1 Å². The van der Waals surface area contributed by atoms with E-state index in [1.165, 1.54) is 0 Å². The molecule has 98 valence electrons. The SMILES string of the molecule is CC1CN(C(=O)c2ccc(Cl)c(Br)c2)CC(C)O1. The van der Waals surface area contributed by atoms with Gasteiger partial charge >= 0.3 is 0 Å². The number of carbonyl (C=O) groups excluding carboxylic acids is 1. The smallest absolute Gasteiger partial charge is 0.254 e. The van der Waals surface area contributed by atoms with Crippen LogP contribution >= 0.6 is 27.5 Å². The summed E-state index contributed by atoms with van der Waals surface area (Å²) in [6.45, 7) is 5.22. The minimum atomic E-state index is 0.0226. The molecule has 0 aliphatic carbocycles. The largest absolute Gasteiger partial charge is 0.372 e. The number of ether oxygens (including phenoxy) is 1. The van der Waals surface area contributed by atoms with Crippen molar-refractivity contribution in [3.8, 4) is 0 Å². The second-order valence-corrected chi connectivity index (χ2v) is 5.86. The van der Waals surface area contributed by atoms with Gasteiger partial charge in [-0.25, -0.2) is 0 Å². The molecule has 2 atom stereocenters. The Labute approximate surface area is 120 Å². The molecule has 0 aromatic heterocycles. The summed E-state index contributed by atoms with van der Waals surface area (Å²) in [4.78, 5) is 14.2. The highest BCUT2D eigenvalue weighted by Crippen LogP contribution is 2.24. The fourth-order valence-corrected chi connectivity index (χ4v) is 2.65. The highest BCUT2D eigenvalue weighted by Gasteiger charge is 2.26. The van der Waals surface area contributed by atoms with E-state index in [0.29, 0.717) is 23.7 Å². The Kier molecular flexibility index (Phi) is 4.30. The first-order valence-corrected chi connectivity index (χ1v) is 7.04. The molecule has 1 saturated heterocycles. The number of morpholine rings is 1. The molecule has 0 spiro atoms. The fourth-order valence-electron chi connectivity index (χ4n) is 2.16. The van der Waals surface area contributed by atoms with Gasteiger partial charge in [-0.15, -0.1) is 0 Å². The minimum absolute atomic E-state index is 0.0226. The van der Waals surface area contributed by atoms with Crippen molar-refractivity contribution in [3.05, 3.63) is 33.3 Å². The summed E-state index contributed by atoms with van der Waals surface area (Å²) in [6.07, 6.45) is 0.155. The molecule has 2 unspecified atom stereocenters. The molecule has 0 radical (unpaired) electrons. The van der Waals surface area contributed by atoms with Crippen molar-refractivity contribution in [3.63, 3.8) is 0 Å². The van der Waals surface area contributed by atoms with Crippen molar-refractivity contribution in [2.75, 3.05) is 13.1 Å². The zero-order chi connectivity index (χ0) is 13.3. The third-order valence-electron chi connectivity index (χ3n) is 2.87. The lowest BCUT2D eigenvalue weighted by Crippen LogP contribution is -2.48. The topological polar surface area (TPSA) is 29.5 Å². The number of nitrogens with zero attached hydrogens (tertiary/aromatic N) is 1. The maximum absolute atomic E-state index is 12.4. The first-order chi connectivity index (χ1) is 8.47. The Morgan fingerprint density at radius 3 is 2.56 bits per heavy atom. The normalized spacial score (nSPS) is 24.1. The van der Waals surface area contributed by atoms with Crippen LogP contribution in [0.5, 0.6) is 0 Å². The summed E-state index contributed by atoms with van der Waals surface area (Å²) in [5.74, 6) is 0.0226. The molecule has 1 aromatic rings. The van der Waals surface area contributed by atoms with Crippen molar-refractivity contribution in [2.24, 2.45) is 0 Å². The predicted octanol–water partition coefficient (Wildman–Crippen LogP) is 3.35. The number of halogens is 2. The molecular weight excluding hydrogens is 318 g/mol. The average molecular weight is 333 g/mol. The van der Waals surface area contributed by atoms with Gasteiger partial charge in [-0.1, -0.05) is 11.6 Å². The van der Waals surface area contributed by atoms with Crippen LogP contribution < -0.4 is 0 Å². The zero-order valence-corrected chi connectivity index (χ0v) is 12.7. The standard InChI is InChI=1S/C13H15BrClNO2/c1-8-6-16(7-9(2)18-8)13(17)10-3-4-12(15)11(14)5-10/h3-5,8-9H,6-7H2,1-2H3. The molecule has 0 saturated carbocycles. The van der Waals surface area contributed by atoms with Crippen LogP contribution in [0.3, 0.4) is 0 Å². The minimum Gasteiger partial charge on any atom is -0.372 e. The first-order valence-electron chi connectivity index (χ1n) is 5.87. The van der Waals surface area contributed by atoms with Crippen LogP contribution in [0, 0.1) is 0 Å². The molecule has 1 fully saturated rings. The Morgan fingerprint density at radius 2 is 2.00 bits per heavy atom. The van der Waals surface area contributed by atoms with Crippen molar-refractivity contribution < 1.29 is 9.53 Å². The van der Waals surface area contributed by atoms with Gasteiger partial charge in [0, 0.05) is 23.1 Å². The van der Waals surface area contributed by atoms with Gasteiger partial charge < -0.3 is 9.64 Å². The molecule has 18 heavy (non-hydrogen) atoms. The maximum Gasteiger partial charge on any atom is 0.254 e. The van der Waals surface area contributed by atoms with Crippen molar-refractivity contribution in [2.45, 2.75) is 26.1 Å². The lowest BCUT2D eigenvalue weighted by molar-refractivity contribution is -0.0586. The van der Waals surface area contributed by atoms with Crippen molar-refractivity contribution in [1.29, 1.82) is 0 Å². The molecule has 1 heterocycles. The van der Waals surface area contributed by atoms with E-state index < -0.39 is 0 Å². The van der Waals surface area contributed by atoms with E-state index in [4.69, 9.17) is 16.3 Å². The van der Waals surface area contributed by atoms with Gasteiger partial charge in [0.1, 0.15) is 0 Å². The van der Waals surface area contributed by atoms with Crippen LogP contribution in [0.1, 0.15) is 24.2 Å². The first kappa shape index (κ1) is 13.8. The van der Waals surface area contributed by atoms with Crippen LogP contribution in [0.4, 0.5) is 0 Å². The third kappa shape index (κ3) is 3.05. The molecule has 0 bridgehead atoms. The van der Waals surface area contributed by atoms with Crippen molar-refractivity contribution in [1.82, 2.24) is 4.90 Å². The molecule has 5 heteroatoms. The Hall–Kier alpha value is -0.580. The van der Waals surface area contributed by atoms with Gasteiger partial charge in [0.2, 0.25) is 0 Å². The van der Waals surface area contributed by atoms with Gasteiger partial charge in [0.25, 0.3) is 5.91 Å². The molecule has 1 amide bonds. The summed E-state index contributed by atoms with van der Waals surface area (Å²) in [7, 11) is 0.